The maximum Gasteiger partial charge on any atom is 0.254 e. The average molecular weight is 623 g/mol. The Labute approximate surface area is 224 Å². The van der Waals surface area contributed by atoms with Gasteiger partial charge in [0.05, 0.1) is 23.3 Å². The Bertz CT molecular complexity index is 767. The topological polar surface area (TPSA) is 106 Å². The summed E-state index contributed by atoms with van der Waals surface area (Å²) in [7, 11) is 0. The zero-order chi connectivity index (χ0) is 26.2. The van der Waals surface area contributed by atoms with Gasteiger partial charge in [-0.15, -0.1) is 0 Å². The molecule has 0 heterocycles. The van der Waals surface area contributed by atoms with Crippen LogP contribution in [0.3, 0.4) is 0 Å². The lowest BCUT2D eigenvalue weighted by molar-refractivity contribution is -0.145. The molecule has 1 aromatic carbocycles. The molecule has 1 unspecified atom stereocenters. The van der Waals surface area contributed by atoms with E-state index >= 15 is 0 Å². The van der Waals surface area contributed by atoms with Gasteiger partial charge in [-0.1, -0.05) is 37.9 Å². The predicted molar refractivity (Wildman–Crippen MR) is 142 cm³/mol. The van der Waals surface area contributed by atoms with Gasteiger partial charge >= 0.3 is 0 Å². The third kappa shape index (κ3) is 12.3. The molecule has 0 bridgehead atoms. The Hall–Kier alpha value is -1.53. The van der Waals surface area contributed by atoms with Gasteiger partial charge in [0.15, 0.2) is 6.29 Å². The van der Waals surface area contributed by atoms with Crippen LogP contribution in [0.1, 0.15) is 49.2 Å². The van der Waals surface area contributed by atoms with E-state index < -0.39 is 6.29 Å². The molecule has 9 nitrogen and oxygen atoms in total. The monoisotopic (exact) mass is 621 g/mol. The Kier molecular flexibility index (Phi) is 16.0. The summed E-state index contributed by atoms with van der Waals surface area (Å²) in [4.78, 5) is 38.8. The third-order valence-electron chi connectivity index (χ3n) is 4.81. The first kappa shape index (κ1) is 31.5. The predicted octanol–water partition coefficient (Wildman–Crippen LogP) is 2.98. The van der Waals surface area contributed by atoms with Gasteiger partial charge < -0.3 is 29.7 Å². The number of nitrogens with one attached hydrogen (secondary N) is 2. The average Bonchev–Trinajstić information content (AvgIpc) is 2.85. The quantitative estimate of drug-likeness (QED) is 0.204. The van der Waals surface area contributed by atoms with E-state index in [1.54, 1.807) is 17.0 Å². The number of alkyl halides is 2. The number of hydrogen-bond acceptors (Lipinski definition) is 6. The van der Waals surface area contributed by atoms with Gasteiger partial charge in [-0.25, -0.2) is 0 Å². The van der Waals surface area contributed by atoms with Crippen molar-refractivity contribution in [1.29, 1.82) is 0 Å². The lowest BCUT2D eigenvalue weighted by atomic mass is 10.0. The van der Waals surface area contributed by atoms with Crippen molar-refractivity contribution in [3.63, 3.8) is 0 Å². The molecule has 3 amide bonds. The molecule has 0 aliphatic rings. The van der Waals surface area contributed by atoms with E-state index in [0.29, 0.717) is 31.9 Å². The van der Waals surface area contributed by atoms with Crippen molar-refractivity contribution in [2.45, 2.75) is 53.2 Å². The second kappa shape index (κ2) is 17.8. The summed E-state index contributed by atoms with van der Waals surface area (Å²) < 4.78 is 17.0. The number of carbonyl (C=O) groups excluding carboxylic acids is 3. The molecule has 0 aromatic heterocycles. The zero-order valence-corrected chi connectivity index (χ0v) is 24.1. The number of amides is 3. The molecule has 0 saturated carbocycles. The van der Waals surface area contributed by atoms with Gasteiger partial charge in [-0.2, -0.15) is 0 Å². The molecule has 1 rings (SSSR count). The molecule has 1 aromatic rings. The fourth-order valence-corrected chi connectivity index (χ4v) is 3.76. The molecule has 0 saturated heterocycles. The Morgan fingerprint density at radius 1 is 0.829 bits per heavy atom. The lowest BCUT2D eigenvalue weighted by Crippen LogP contribution is -2.43. The van der Waals surface area contributed by atoms with E-state index in [9.17, 15) is 14.4 Å². The van der Waals surface area contributed by atoms with Crippen molar-refractivity contribution in [3.8, 4) is 0 Å². The van der Waals surface area contributed by atoms with E-state index in [-0.39, 0.29) is 54.1 Å². The molecule has 0 fully saturated rings. The van der Waals surface area contributed by atoms with Crippen molar-refractivity contribution in [2.24, 2.45) is 0 Å². The van der Waals surface area contributed by atoms with Crippen LogP contribution in [0.4, 0.5) is 0 Å². The highest BCUT2D eigenvalue weighted by Gasteiger charge is 2.24. The molecule has 0 aliphatic carbocycles. The maximum atomic E-state index is 13.7. The number of benzene rings is 1. The summed E-state index contributed by atoms with van der Waals surface area (Å²) in [5.74, 6) is -0.554. The van der Waals surface area contributed by atoms with E-state index in [2.05, 4.69) is 42.5 Å². The summed E-state index contributed by atoms with van der Waals surface area (Å²) in [6.45, 7) is 10.1. The fraction of sp³-hybridized carbons (Fsp3) is 0.625. The minimum absolute atomic E-state index is 0.167. The summed E-state index contributed by atoms with van der Waals surface area (Å²) in [5, 5.41) is 5.95. The van der Waals surface area contributed by atoms with Gasteiger partial charge in [0.1, 0.15) is 0 Å². The van der Waals surface area contributed by atoms with Crippen LogP contribution in [0, 0.1) is 0 Å². The second-order valence-corrected chi connectivity index (χ2v) is 8.80. The van der Waals surface area contributed by atoms with Crippen LogP contribution in [0.5, 0.6) is 0 Å². The number of nitrogens with zero attached hydrogens (tertiary/aromatic N) is 1. The van der Waals surface area contributed by atoms with Crippen LogP contribution < -0.4 is 10.6 Å². The third-order valence-corrected chi connectivity index (χ3v) is 5.83. The van der Waals surface area contributed by atoms with Crippen LogP contribution in [0.2, 0.25) is 0 Å². The Morgan fingerprint density at radius 2 is 1.31 bits per heavy atom. The summed E-state index contributed by atoms with van der Waals surface area (Å²) >= 11 is 6.26. The highest BCUT2D eigenvalue weighted by Crippen LogP contribution is 2.16. The number of ether oxygens (including phenoxy) is 3. The summed E-state index contributed by atoms with van der Waals surface area (Å²) in [6.07, 6.45) is -0.756. The van der Waals surface area contributed by atoms with Crippen molar-refractivity contribution >= 4 is 49.6 Å². The molecule has 0 spiro atoms. The van der Waals surface area contributed by atoms with Crippen molar-refractivity contribution < 1.29 is 28.6 Å². The minimum atomic E-state index is -0.568. The van der Waals surface area contributed by atoms with Gasteiger partial charge in [0.25, 0.3) is 5.91 Å². The molecular formula is C24H37Br2N3O6. The normalized spacial score (nSPS) is 11.9. The fourth-order valence-electron chi connectivity index (χ4n) is 3.36. The summed E-state index contributed by atoms with van der Waals surface area (Å²) in [5.41, 5.74) is 1.93. The molecule has 11 heteroatoms. The van der Waals surface area contributed by atoms with Gasteiger partial charge in [-0.05, 0) is 51.0 Å². The molecule has 0 radical (unpaired) electrons. The smallest absolute Gasteiger partial charge is 0.254 e. The highest BCUT2D eigenvalue weighted by molar-refractivity contribution is 9.09. The second-order valence-electron chi connectivity index (χ2n) is 7.68. The van der Waals surface area contributed by atoms with Crippen molar-refractivity contribution in [2.75, 3.05) is 43.6 Å². The number of carbonyl (C=O) groups is 3. The van der Waals surface area contributed by atoms with E-state index in [4.69, 9.17) is 14.2 Å². The van der Waals surface area contributed by atoms with Gasteiger partial charge in [0, 0.05) is 45.0 Å². The number of rotatable bonds is 17. The molecule has 35 heavy (non-hydrogen) atoms. The maximum absolute atomic E-state index is 13.7. The standard InChI is InChI=1S/C24H37Br2N3O6/c1-5-33-17(4)15-29(16-23(34-6-2)35-7-3)24(32)20-9-18(13-27-21(30)11-25)8-19(10-20)14-28-22(31)12-26/h8-10,17,23H,5-7,11-16H2,1-4H3,(H,27,30)(H,28,31). The first-order chi connectivity index (χ1) is 16.8. The highest BCUT2D eigenvalue weighted by atomic mass is 79.9. The molecule has 1 atom stereocenters. The van der Waals surface area contributed by atoms with Crippen LogP contribution in [0.25, 0.3) is 0 Å². The molecule has 2 N–H and O–H groups in total. The van der Waals surface area contributed by atoms with Crippen LogP contribution in [0.15, 0.2) is 18.2 Å². The summed E-state index contributed by atoms with van der Waals surface area (Å²) in [6, 6.07) is 5.36. The molecule has 198 valence electrons. The van der Waals surface area contributed by atoms with E-state index in [1.165, 1.54) is 0 Å². The minimum Gasteiger partial charge on any atom is -0.377 e. The number of halogens is 2. The van der Waals surface area contributed by atoms with E-state index in [1.807, 2.05) is 33.8 Å². The lowest BCUT2D eigenvalue weighted by Gasteiger charge is -2.30. The van der Waals surface area contributed by atoms with Crippen LogP contribution >= 0.6 is 31.9 Å². The zero-order valence-electron chi connectivity index (χ0n) is 20.9. The van der Waals surface area contributed by atoms with Gasteiger partial charge in [-0.3, -0.25) is 14.4 Å². The van der Waals surface area contributed by atoms with Gasteiger partial charge in [0.2, 0.25) is 11.8 Å². The van der Waals surface area contributed by atoms with Crippen LogP contribution in [-0.2, 0) is 36.9 Å². The van der Waals surface area contributed by atoms with Crippen LogP contribution in [-0.4, -0.2) is 78.6 Å². The SMILES string of the molecule is CCOC(C)CN(CC(OCC)OCC)C(=O)c1cc(CNC(=O)CBr)cc(CNC(=O)CBr)c1. The first-order valence-electron chi connectivity index (χ1n) is 11.7. The Morgan fingerprint density at radius 3 is 1.74 bits per heavy atom. The first-order valence-corrected chi connectivity index (χ1v) is 13.9. The molecular weight excluding hydrogens is 586 g/mol. The van der Waals surface area contributed by atoms with Crippen molar-refractivity contribution in [3.05, 3.63) is 34.9 Å². The number of hydrogen-bond donors (Lipinski definition) is 2. The largest absolute Gasteiger partial charge is 0.377 e. The molecule has 0 aliphatic heterocycles. The van der Waals surface area contributed by atoms with E-state index in [0.717, 1.165) is 11.1 Å². The van der Waals surface area contributed by atoms with Crippen molar-refractivity contribution in [1.82, 2.24) is 15.5 Å². The Balaban J connectivity index is 3.28.